The number of nitrogens with one attached hydrogen (secondary N) is 1. The molecule has 1 saturated carbocycles. The van der Waals surface area contributed by atoms with E-state index in [1.54, 1.807) is 14.2 Å². The summed E-state index contributed by atoms with van der Waals surface area (Å²) in [7, 11) is 3.41. The van der Waals surface area contributed by atoms with Crippen LogP contribution in [-0.4, -0.2) is 75.8 Å². The van der Waals surface area contributed by atoms with Crippen molar-refractivity contribution < 1.29 is 14.6 Å². The molecule has 0 radical (unpaired) electrons. The second-order valence-electron chi connectivity index (χ2n) is 5.42. The van der Waals surface area contributed by atoms with Gasteiger partial charge in [-0.25, -0.2) is 0 Å². The van der Waals surface area contributed by atoms with E-state index in [2.05, 4.69) is 17.1 Å². The van der Waals surface area contributed by atoms with Gasteiger partial charge in [0.25, 0.3) is 0 Å². The molecule has 0 amide bonds. The SMILES string of the molecule is COCCNCC(O)CN(CCOC)C(C)C1CC1. The lowest BCUT2D eigenvalue weighted by atomic mass is 10.1. The first-order chi connectivity index (χ1) is 9.19. The highest BCUT2D eigenvalue weighted by molar-refractivity contribution is 4.86. The summed E-state index contributed by atoms with van der Waals surface area (Å²) in [6.07, 6.45) is 2.31. The summed E-state index contributed by atoms with van der Waals surface area (Å²) in [5, 5.41) is 13.3. The van der Waals surface area contributed by atoms with Gasteiger partial charge in [0, 0.05) is 46.4 Å². The molecule has 0 aromatic carbocycles. The zero-order chi connectivity index (χ0) is 14.1. The predicted octanol–water partition coefficient (Wildman–Crippen LogP) is 0.330. The van der Waals surface area contributed by atoms with Crippen LogP contribution in [0.1, 0.15) is 19.8 Å². The smallest absolute Gasteiger partial charge is 0.0791 e. The van der Waals surface area contributed by atoms with Crippen LogP contribution in [-0.2, 0) is 9.47 Å². The molecule has 0 bridgehead atoms. The molecule has 0 aromatic heterocycles. The molecule has 0 spiro atoms. The monoisotopic (exact) mass is 274 g/mol. The van der Waals surface area contributed by atoms with Gasteiger partial charge in [-0.3, -0.25) is 4.90 Å². The van der Waals surface area contributed by atoms with Gasteiger partial charge in [-0.1, -0.05) is 0 Å². The molecule has 0 heterocycles. The molecule has 5 nitrogen and oxygen atoms in total. The van der Waals surface area contributed by atoms with E-state index in [0.717, 1.165) is 25.6 Å². The standard InChI is InChI=1S/C14H30N2O3/c1-12(13-4-5-13)16(7-9-19-3)11-14(17)10-15-6-8-18-2/h12-15,17H,4-11H2,1-3H3. The quantitative estimate of drug-likeness (QED) is 0.502. The lowest BCUT2D eigenvalue weighted by Gasteiger charge is -2.31. The van der Waals surface area contributed by atoms with Crippen molar-refractivity contribution >= 4 is 0 Å². The Bertz CT molecular complexity index is 225. The maximum Gasteiger partial charge on any atom is 0.0791 e. The van der Waals surface area contributed by atoms with Gasteiger partial charge in [0.05, 0.1) is 19.3 Å². The fraction of sp³-hybridized carbons (Fsp3) is 1.00. The number of hydrogen-bond acceptors (Lipinski definition) is 5. The summed E-state index contributed by atoms with van der Waals surface area (Å²) in [6, 6.07) is 0.545. The molecule has 0 aromatic rings. The van der Waals surface area contributed by atoms with Crippen LogP contribution >= 0.6 is 0 Å². The van der Waals surface area contributed by atoms with Crippen molar-refractivity contribution in [3.8, 4) is 0 Å². The minimum atomic E-state index is -0.338. The Morgan fingerprint density at radius 1 is 1.26 bits per heavy atom. The minimum absolute atomic E-state index is 0.338. The molecule has 0 aliphatic heterocycles. The highest BCUT2D eigenvalue weighted by Gasteiger charge is 2.32. The van der Waals surface area contributed by atoms with Crippen LogP contribution < -0.4 is 5.32 Å². The van der Waals surface area contributed by atoms with Gasteiger partial charge in [0.15, 0.2) is 0 Å². The second-order valence-corrected chi connectivity index (χ2v) is 5.42. The first kappa shape index (κ1) is 16.9. The van der Waals surface area contributed by atoms with E-state index in [0.29, 0.717) is 25.7 Å². The molecule has 2 atom stereocenters. The molecule has 1 aliphatic rings. The molecule has 2 N–H and O–H groups in total. The van der Waals surface area contributed by atoms with Crippen molar-refractivity contribution in [1.82, 2.24) is 10.2 Å². The largest absolute Gasteiger partial charge is 0.390 e. The van der Waals surface area contributed by atoms with E-state index < -0.39 is 0 Å². The molecule has 2 unspecified atom stereocenters. The molecule has 114 valence electrons. The van der Waals surface area contributed by atoms with Crippen LogP contribution in [0, 0.1) is 5.92 Å². The van der Waals surface area contributed by atoms with Gasteiger partial charge < -0.3 is 19.9 Å². The third-order valence-corrected chi connectivity index (χ3v) is 3.77. The van der Waals surface area contributed by atoms with E-state index in [9.17, 15) is 5.11 Å². The number of methoxy groups -OCH3 is 2. The number of aliphatic hydroxyl groups is 1. The van der Waals surface area contributed by atoms with Crippen LogP contribution in [0.3, 0.4) is 0 Å². The summed E-state index contributed by atoms with van der Waals surface area (Å²) in [4.78, 5) is 2.35. The van der Waals surface area contributed by atoms with Crippen LogP contribution in [0.15, 0.2) is 0 Å². The molecule has 1 aliphatic carbocycles. The molecule has 5 heteroatoms. The van der Waals surface area contributed by atoms with E-state index in [1.165, 1.54) is 12.8 Å². The first-order valence-electron chi connectivity index (χ1n) is 7.29. The highest BCUT2D eigenvalue weighted by Crippen LogP contribution is 2.35. The Labute approximate surface area is 117 Å². The van der Waals surface area contributed by atoms with Crippen molar-refractivity contribution in [2.75, 3.05) is 53.6 Å². The number of ether oxygens (including phenoxy) is 2. The normalized spacial score (nSPS) is 18.8. The van der Waals surface area contributed by atoms with Gasteiger partial charge in [0.2, 0.25) is 0 Å². The summed E-state index contributed by atoms with van der Waals surface area (Å²) in [5.41, 5.74) is 0. The lowest BCUT2D eigenvalue weighted by molar-refractivity contribution is 0.0614. The summed E-state index contributed by atoms with van der Waals surface area (Å²) in [6.45, 7) is 6.66. The zero-order valence-corrected chi connectivity index (χ0v) is 12.6. The maximum atomic E-state index is 10.1. The van der Waals surface area contributed by atoms with Crippen LogP contribution in [0.4, 0.5) is 0 Å². The summed E-state index contributed by atoms with van der Waals surface area (Å²) < 4.78 is 10.1. The predicted molar refractivity (Wildman–Crippen MR) is 76.4 cm³/mol. The van der Waals surface area contributed by atoms with Crippen molar-refractivity contribution in [1.29, 1.82) is 0 Å². The molecular formula is C14H30N2O3. The van der Waals surface area contributed by atoms with Gasteiger partial charge in [0.1, 0.15) is 0 Å². The van der Waals surface area contributed by atoms with Crippen LogP contribution in [0.2, 0.25) is 0 Å². The first-order valence-corrected chi connectivity index (χ1v) is 7.29. The Balaban J connectivity index is 2.24. The Hall–Kier alpha value is -0.200. The molecule has 19 heavy (non-hydrogen) atoms. The Kier molecular flexibility index (Phi) is 8.57. The van der Waals surface area contributed by atoms with Gasteiger partial charge in [-0.15, -0.1) is 0 Å². The lowest BCUT2D eigenvalue weighted by Crippen LogP contribution is -2.45. The number of hydrogen-bond donors (Lipinski definition) is 2. The second kappa shape index (κ2) is 9.66. The van der Waals surface area contributed by atoms with Gasteiger partial charge in [-0.05, 0) is 25.7 Å². The maximum absolute atomic E-state index is 10.1. The fourth-order valence-electron chi connectivity index (χ4n) is 2.32. The third-order valence-electron chi connectivity index (χ3n) is 3.77. The number of rotatable bonds is 12. The van der Waals surface area contributed by atoms with Crippen LogP contribution in [0.25, 0.3) is 0 Å². The van der Waals surface area contributed by atoms with Crippen molar-refractivity contribution in [3.05, 3.63) is 0 Å². The van der Waals surface area contributed by atoms with E-state index in [1.807, 2.05) is 0 Å². The van der Waals surface area contributed by atoms with Crippen molar-refractivity contribution in [2.24, 2.45) is 5.92 Å². The fourth-order valence-corrected chi connectivity index (χ4v) is 2.32. The Morgan fingerprint density at radius 3 is 2.53 bits per heavy atom. The summed E-state index contributed by atoms with van der Waals surface area (Å²) >= 11 is 0. The van der Waals surface area contributed by atoms with E-state index in [-0.39, 0.29) is 6.10 Å². The molecule has 0 saturated heterocycles. The average molecular weight is 274 g/mol. The van der Waals surface area contributed by atoms with E-state index in [4.69, 9.17) is 9.47 Å². The molecular weight excluding hydrogens is 244 g/mol. The summed E-state index contributed by atoms with van der Waals surface area (Å²) in [5.74, 6) is 0.811. The molecule has 1 rings (SSSR count). The van der Waals surface area contributed by atoms with Gasteiger partial charge >= 0.3 is 0 Å². The van der Waals surface area contributed by atoms with E-state index >= 15 is 0 Å². The topological polar surface area (TPSA) is 54.0 Å². The number of nitrogens with zero attached hydrogens (tertiary/aromatic N) is 1. The van der Waals surface area contributed by atoms with Crippen molar-refractivity contribution in [3.63, 3.8) is 0 Å². The van der Waals surface area contributed by atoms with Gasteiger partial charge in [-0.2, -0.15) is 0 Å². The van der Waals surface area contributed by atoms with Crippen molar-refractivity contribution in [2.45, 2.75) is 31.9 Å². The third kappa shape index (κ3) is 7.22. The highest BCUT2D eigenvalue weighted by atomic mass is 16.5. The minimum Gasteiger partial charge on any atom is -0.390 e. The molecule has 1 fully saturated rings. The zero-order valence-electron chi connectivity index (χ0n) is 12.6. The average Bonchev–Trinajstić information content (AvgIpc) is 3.23. The Morgan fingerprint density at radius 2 is 1.95 bits per heavy atom. The van der Waals surface area contributed by atoms with Crippen LogP contribution in [0.5, 0.6) is 0 Å². The number of aliphatic hydroxyl groups excluding tert-OH is 1.